The molecule has 24 heavy (non-hydrogen) atoms. The number of hydrogen-bond acceptors (Lipinski definition) is 4. The zero-order valence-corrected chi connectivity index (χ0v) is 13.8. The smallest absolute Gasteiger partial charge is 0.251 e. The standard InChI is InChI=1S/C19H20N2O3/c1-13-5-3-8-16-18(13)21-17(24-16)9-10-20-19(22)15-7-4-6-14(11-15)12-23-2/h3-8,11H,9-10,12H2,1-2H3,(H,20,22). The average molecular weight is 324 g/mol. The van der Waals surface area contributed by atoms with Gasteiger partial charge < -0.3 is 14.5 Å². The van der Waals surface area contributed by atoms with Crippen molar-refractivity contribution in [2.24, 2.45) is 0 Å². The van der Waals surface area contributed by atoms with E-state index in [1.165, 1.54) is 0 Å². The number of hydrogen-bond donors (Lipinski definition) is 1. The molecule has 0 radical (unpaired) electrons. The molecule has 0 atom stereocenters. The fourth-order valence-corrected chi connectivity index (χ4v) is 2.59. The van der Waals surface area contributed by atoms with E-state index in [0.29, 0.717) is 31.0 Å². The van der Waals surface area contributed by atoms with Crippen LogP contribution < -0.4 is 5.32 Å². The van der Waals surface area contributed by atoms with Crippen LogP contribution in [-0.4, -0.2) is 24.5 Å². The second-order valence-corrected chi connectivity index (χ2v) is 5.67. The minimum Gasteiger partial charge on any atom is -0.441 e. The molecule has 1 amide bonds. The summed E-state index contributed by atoms with van der Waals surface area (Å²) in [5, 5.41) is 2.90. The number of para-hydroxylation sites is 1. The van der Waals surface area contributed by atoms with E-state index in [1.54, 1.807) is 13.2 Å². The lowest BCUT2D eigenvalue weighted by atomic mass is 10.1. The first kappa shape index (κ1) is 16.2. The van der Waals surface area contributed by atoms with E-state index < -0.39 is 0 Å². The zero-order valence-electron chi connectivity index (χ0n) is 13.8. The summed E-state index contributed by atoms with van der Waals surface area (Å²) in [5.41, 5.74) is 4.34. The van der Waals surface area contributed by atoms with Crippen LogP contribution in [0.15, 0.2) is 46.9 Å². The Kier molecular flexibility index (Phi) is 4.91. The third kappa shape index (κ3) is 3.63. The number of nitrogens with one attached hydrogen (secondary N) is 1. The molecule has 1 aromatic heterocycles. The van der Waals surface area contributed by atoms with Gasteiger partial charge in [0, 0.05) is 25.6 Å². The Bertz CT molecular complexity index is 855. The largest absolute Gasteiger partial charge is 0.441 e. The topological polar surface area (TPSA) is 64.4 Å². The van der Waals surface area contributed by atoms with Crippen molar-refractivity contribution in [3.8, 4) is 0 Å². The van der Waals surface area contributed by atoms with Crippen molar-refractivity contribution in [2.75, 3.05) is 13.7 Å². The summed E-state index contributed by atoms with van der Waals surface area (Å²) in [6.45, 7) is 2.96. The second-order valence-electron chi connectivity index (χ2n) is 5.67. The van der Waals surface area contributed by atoms with Gasteiger partial charge in [-0.1, -0.05) is 24.3 Å². The zero-order chi connectivity index (χ0) is 16.9. The highest BCUT2D eigenvalue weighted by atomic mass is 16.5. The van der Waals surface area contributed by atoms with Crippen molar-refractivity contribution in [3.05, 3.63) is 65.0 Å². The van der Waals surface area contributed by atoms with Crippen LogP contribution in [0.1, 0.15) is 27.4 Å². The Morgan fingerprint density at radius 3 is 2.88 bits per heavy atom. The average Bonchev–Trinajstić information content (AvgIpc) is 3.00. The Morgan fingerprint density at radius 1 is 1.25 bits per heavy atom. The number of aryl methyl sites for hydroxylation is 1. The van der Waals surface area contributed by atoms with E-state index in [-0.39, 0.29) is 5.91 Å². The highest BCUT2D eigenvalue weighted by Gasteiger charge is 2.09. The van der Waals surface area contributed by atoms with Crippen LogP contribution in [0.5, 0.6) is 0 Å². The Morgan fingerprint density at radius 2 is 2.08 bits per heavy atom. The van der Waals surface area contributed by atoms with Crippen molar-refractivity contribution < 1.29 is 13.9 Å². The monoisotopic (exact) mass is 324 g/mol. The van der Waals surface area contributed by atoms with Gasteiger partial charge in [-0.2, -0.15) is 0 Å². The summed E-state index contributed by atoms with van der Waals surface area (Å²) >= 11 is 0. The summed E-state index contributed by atoms with van der Waals surface area (Å²) in [6, 6.07) is 13.3. The minimum atomic E-state index is -0.111. The molecule has 0 aliphatic carbocycles. The molecule has 1 heterocycles. The molecule has 0 bridgehead atoms. The lowest BCUT2D eigenvalue weighted by molar-refractivity contribution is 0.0953. The lowest BCUT2D eigenvalue weighted by Gasteiger charge is -2.06. The van der Waals surface area contributed by atoms with Crippen molar-refractivity contribution in [2.45, 2.75) is 20.0 Å². The maximum atomic E-state index is 12.2. The Hall–Kier alpha value is -2.66. The van der Waals surface area contributed by atoms with Crippen LogP contribution in [0.3, 0.4) is 0 Å². The number of amides is 1. The molecule has 5 nitrogen and oxygen atoms in total. The van der Waals surface area contributed by atoms with Gasteiger partial charge in [-0.05, 0) is 36.2 Å². The number of carbonyl (C=O) groups excluding carboxylic acids is 1. The van der Waals surface area contributed by atoms with Gasteiger partial charge >= 0.3 is 0 Å². The second kappa shape index (κ2) is 7.27. The van der Waals surface area contributed by atoms with Gasteiger partial charge in [0.05, 0.1) is 6.61 Å². The van der Waals surface area contributed by atoms with Crippen molar-refractivity contribution >= 4 is 17.0 Å². The molecule has 3 rings (SSSR count). The molecule has 0 aliphatic rings. The Labute approximate surface area is 140 Å². The molecule has 1 N–H and O–H groups in total. The number of rotatable bonds is 6. The summed E-state index contributed by atoms with van der Waals surface area (Å²) < 4.78 is 10.8. The van der Waals surface area contributed by atoms with Crippen LogP contribution in [0, 0.1) is 6.92 Å². The maximum absolute atomic E-state index is 12.2. The predicted octanol–water partition coefficient (Wildman–Crippen LogP) is 3.26. The number of benzene rings is 2. The molecule has 0 unspecified atom stereocenters. The third-order valence-corrected chi connectivity index (χ3v) is 3.79. The van der Waals surface area contributed by atoms with E-state index in [2.05, 4.69) is 10.3 Å². The van der Waals surface area contributed by atoms with Crippen molar-refractivity contribution in [1.29, 1.82) is 0 Å². The number of carbonyl (C=O) groups is 1. The minimum absolute atomic E-state index is 0.111. The van der Waals surface area contributed by atoms with Gasteiger partial charge in [-0.3, -0.25) is 4.79 Å². The number of ether oxygens (including phenoxy) is 1. The third-order valence-electron chi connectivity index (χ3n) is 3.79. The van der Waals surface area contributed by atoms with Gasteiger partial charge in [-0.25, -0.2) is 4.98 Å². The number of methoxy groups -OCH3 is 1. The molecule has 0 saturated heterocycles. The molecule has 0 aliphatic heterocycles. The summed E-state index contributed by atoms with van der Waals surface area (Å²) in [7, 11) is 1.63. The van der Waals surface area contributed by atoms with Crippen LogP contribution >= 0.6 is 0 Å². The quantitative estimate of drug-likeness (QED) is 0.756. The van der Waals surface area contributed by atoms with Gasteiger partial charge in [0.25, 0.3) is 5.91 Å². The van der Waals surface area contributed by atoms with E-state index in [1.807, 2.05) is 43.3 Å². The first-order chi connectivity index (χ1) is 11.7. The fourth-order valence-electron chi connectivity index (χ4n) is 2.59. The van der Waals surface area contributed by atoms with Crippen molar-refractivity contribution in [3.63, 3.8) is 0 Å². The Balaban J connectivity index is 1.60. The van der Waals surface area contributed by atoms with E-state index >= 15 is 0 Å². The first-order valence-corrected chi connectivity index (χ1v) is 7.88. The molecule has 5 heteroatoms. The number of nitrogens with zero attached hydrogens (tertiary/aromatic N) is 1. The van der Waals surface area contributed by atoms with E-state index in [4.69, 9.17) is 9.15 Å². The van der Waals surface area contributed by atoms with Gasteiger partial charge in [0.1, 0.15) is 5.52 Å². The molecule has 0 saturated carbocycles. The van der Waals surface area contributed by atoms with Gasteiger partial charge in [0.2, 0.25) is 0 Å². The summed E-state index contributed by atoms with van der Waals surface area (Å²) in [5.74, 6) is 0.521. The van der Waals surface area contributed by atoms with Gasteiger partial charge in [0.15, 0.2) is 11.5 Å². The van der Waals surface area contributed by atoms with Crippen LogP contribution in [0.4, 0.5) is 0 Å². The van der Waals surface area contributed by atoms with Crippen LogP contribution in [-0.2, 0) is 17.8 Å². The van der Waals surface area contributed by atoms with E-state index in [9.17, 15) is 4.79 Å². The normalized spacial score (nSPS) is 10.9. The maximum Gasteiger partial charge on any atom is 0.251 e. The molecule has 0 fully saturated rings. The first-order valence-electron chi connectivity index (χ1n) is 7.88. The lowest BCUT2D eigenvalue weighted by Crippen LogP contribution is -2.25. The fraction of sp³-hybridized carbons (Fsp3) is 0.263. The van der Waals surface area contributed by atoms with Crippen LogP contribution in [0.25, 0.3) is 11.1 Å². The molecular weight excluding hydrogens is 304 g/mol. The molecule has 2 aromatic carbocycles. The molecule has 124 valence electrons. The highest BCUT2D eigenvalue weighted by molar-refractivity contribution is 5.94. The summed E-state index contributed by atoms with van der Waals surface area (Å²) in [4.78, 5) is 16.7. The number of oxazole rings is 1. The van der Waals surface area contributed by atoms with Crippen LogP contribution in [0.2, 0.25) is 0 Å². The predicted molar refractivity (Wildman–Crippen MR) is 91.9 cm³/mol. The highest BCUT2D eigenvalue weighted by Crippen LogP contribution is 2.18. The van der Waals surface area contributed by atoms with E-state index in [0.717, 1.165) is 22.2 Å². The molecular formula is C19H20N2O3. The number of aromatic nitrogens is 1. The summed E-state index contributed by atoms with van der Waals surface area (Å²) in [6.07, 6.45) is 0.553. The molecule has 3 aromatic rings. The number of fused-ring (bicyclic) bond motifs is 1. The molecule has 0 spiro atoms. The SMILES string of the molecule is COCc1cccc(C(=O)NCCc2nc3c(C)cccc3o2)c1. The van der Waals surface area contributed by atoms with Gasteiger partial charge in [-0.15, -0.1) is 0 Å². The van der Waals surface area contributed by atoms with Crippen molar-refractivity contribution in [1.82, 2.24) is 10.3 Å².